The van der Waals surface area contributed by atoms with Crippen LogP contribution in [-0.2, 0) is 11.2 Å². The van der Waals surface area contributed by atoms with Crippen LogP contribution in [0.1, 0.15) is 11.1 Å². The summed E-state index contributed by atoms with van der Waals surface area (Å²) in [4.78, 5) is 14.3. The van der Waals surface area contributed by atoms with E-state index in [0.29, 0.717) is 19.6 Å². The molecule has 5 heteroatoms. The average molecular weight is 351 g/mol. The van der Waals surface area contributed by atoms with Gasteiger partial charge < -0.3 is 18.8 Å². The summed E-state index contributed by atoms with van der Waals surface area (Å²) in [5.74, 6) is 1.49. The van der Waals surface area contributed by atoms with Gasteiger partial charge in [-0.2, -0.15) is 0 Å². The zero-order valence-corrected chi connectivity index (χ0v) is 14.9. The van der Waals surface area contributed by atoms with Crippen LogP contribution in [0.2, 0.25) is 0 Å². The zero-order valence-electron chi connectivity index (χ0n) is 14.9. The minimum Gasteiger partial charge on any atom is -0.486 e. The first-order valence-electron chi connectivity index (χ1n) is 8.69. The molecule has 1 aromatic heterocycles. The van der Waals surface area contributed by atoms with E-state index in [2.05, 4.69) is 0 Å². The van der Waals surface area contributed by atoms with Crippen LogP contribution < -0.4 is 9.47 Å². The summed E-state index contributed by atoms with van der Waals surface area (Å²) >= 11 is 0. The molecule has 5 nitrogen and oxygen atoms in total. The van der Waals surface area contributed by atoms with Gasteiger partial charge >= 0.3 is 0 Å². The van der Waals surface area contributed by atoms with Crippen molar-refractivity contribution in [2.24, 2.45) is 0 Å². The molecule has 0 N–H and O–H groups in total. The third-order valence-electron chi connectivity index (χ3n) is 4.62. The van der Waals surface area contributed by atoms with Crippen LogP contribution in [0.3, 0.4) is 0 Å². The molecule has 1 atom stereocenters. The summed E-state index contributed by atoms with van der Waals surface area (Å²) in [6.07, 6.45) is 1.80. The van der Waals surface area contributed by atoms with Gasteiger partial charge in [0, 0.05) is 18.0 Å². The molecule has 0 radical (unpaired) electrons. The first-order chi connectivity index (χ1) is 12.6. The second-order valence-corrected chi connectivity index (χ2v) is 6.71. The molecular weight excluding hydrogens is 330 g/mol. The molecule has 2 aromatic carbocycles. The number of likely N-dealkylation sites (N-methyl/N-ethyl adjacent to an activating group) is 1. The Morgan fingerprint density at radius 3 is 2.85 bits per heavy atom. The van der Waals surface area contributed by atoms with Crippen molar-refractivity contribution >= 4 is 16.9 Å². The Bertz CT molecular complexity index is 946. The maximum absolute atomic E-state index is 12.6. The number of carbonyl (C=O) groups excluding carboxylic acids is 1. The number of carbonyl (C=O) groups is 1. The van der Waals surface area contributed by atoms with Gasteiger partial charge in [0.05, 0.1) is 19.2 Å². The number of rotatable bonds is 4. The SMILES string of the molecule is Cc1ccc2c(CC(=O)N(C)CC3COc4ccccc4O3)coc2c1. The Kier molecular flexibility index (Phi) is 4.29. The predicted octanol–water partition coefficient (Wildman–Crippen LogP) is 3.58. The van der Waals surface area contributed by atoms with E-state index in [1.165, 1.54) is 0 Å². The van der Waals surface area contributed by atoms with E-state index >= 15 is 0 Å². The lowest BCUT2D eigenvalue weighted by atomic mass is 10.1. The van der Waals surface area contributed by atoms with E-state index < -0.39 is 0 Å². The van der Waals surface area contributed by atoms with Crippen molar-refractivity contribution in [3.05, 3.63) is 59.9 Å². The average Bonchev–Trinajstić information content (AvgIpc) is 3.03. The minimum absolute atomic E-state index is 0.0238. The van der Waals surface area contributed by atoms with Crippen LogP contribution in [0.25, 0.3) is 11.0 Å². The molecule has 2 heterocycles. The van der Waals surface area contributed by atoms with Crippen LogP contribution in [0.4, 0.5) is 0 Å². The molecule has 0 saturated carbocycles. The Balaban J connectivity index is 1.40. The van der Waals surface area contributed by atoms with Gasteiger partial charge in [-0.3, -0.25) is 4.79 Å². The zero-order chi connectivity index (χ0) is 18.1. The van der Waals surface area contributed by atoms with Crippen LogP contribution >= 0.6 is 0 Å². The van der Waals surface area contributed by atoms with Gasteiger partial charge in [0.1, 0.15) is 12.2 Å². The Morgan fingerprint density at radius 2 is 2.00 bits per heavy atom. The summed E-state index contributed by atoms with van der Waals surface area (Å²) in [5, 5.41) is 0.989. The fourth-order valence-electron chi connectivity index (χ4n) is 3.19. The molecule has 1 unspecified atom stereocenters. The van der Waals surface area contributed by atoms with Crippen molar-refractivity contribution in [3.8, 4) is 11.5 Å². The smallest absolute Gasteiger partial charge is 0.227 e. The van der Waals surface area contributed by atoms with E-state index in [4.69, 9.17) is 13.9 Å². The number of benzene rings is 2. The molecule has 26 heavy (non-hydrogen) atoms. The van der Waals surface area contributed by atoms with Crippen LogP contribution in [0, 0.1) is 6.92 Å². The third-order valence-corrected chi connectivity index (χ3v) is 4.62. The highest BCUT2D eigenvalue weighted by molar-refractivity contribution is 5.87. The van der Waals surface area contributed by atoms with Crippen LogP contribution in [-0.4, -0.2) is 37.1 Å². The fraction of sp³-hybridized carbons (Fsp3) is 0.286. The molecule has 0 aliphatic carbocycles. The molecule has 0 fully saturated rings. The summed E-state index contributed by atoms with van der Waals surface area (Å²) in [6, 6.07) is 13.6. The summed E-state index contributed by atoms with van der Waals surface area (Å²) in [6.45, 7) is 2.93. The van der Waals surface area contributed by atoms with Gasteiger partial charge in [-0.25, -0.2) is 0 Å². The van der Waals surface area contributed by atoms with Crippen molar-refractivity contribution < 1.29 is 18.7 Å². The van der Waals surface area contributed by atoms with Gasteiger partial charge in [0.25, 0.3) is 0 Å². The first kappa shape index (κ1) is 16.5. The highest BCUT2D eigenvalue weighted by atomic mass is 16.6. The lowest BCUT2D eigenvalue weighted by molar-refractivity contribution is -0.130. The molecule has 1 aliphatic rings. The van der Waals surface area contributed by atoms with E-state index in [0.717, 1.165) is 33.6 Å². The molecule has 0 spiro atoms. The highest BCUT2D eigenvalue weighted by Gasteiger charge is 2.24. The largest absolute Gasteiger partial charge is 0.486 e. The number of hydrogen-bond acceptors (Lipinski definition) is 4. The first-order valence-corrected chi connectivity index (χ1v) is 8.69. The molecule has 0 bridgehead atoms. The second-order valence-electron chi connectivity index (χ2n) is 6.71. The Morgan fingerprint density at radius 1 is 1.19 bits per heavy atom. The Hall–Kier alpha value is -2.95. The fourth-order valence-corrected chi connectivity index (χ4v) is 3.19. The van der Waals surface area contributed by atoms with E-state index in [1.54, 1.807) is 18.2 Å². The number of amides is 1. The molecule has 0 saturated heterocycles. The standard InChI is InChI=1S/C21H21NO4/c1-14-7-8-17-15(12-24-20(17)9-14)10-21(23)22(2)11-16-13-25-18-5-3-4-6-19(18)26-16/h3-9,12,16H,10-11,13H2,1-2H3. The maximum atomic E-state index is 12.6. The van der Waals surface area contributed by atoms with Gasteiger partial charge in [-0.05, 0) is 30.7 Å². The topological polar surface area (TPSA) is 51.9 Å². The van der Waals surface area contributed by atoms with E-state index in [1.807, 2.05) is 49.4 Å². The van der Waals surface area contributed by atoms with Crippen molar-refractivity contribution in [2.75, 3.05) is 20.2 Å². The van der Waals surface area contributed by atoms with Crippen LogP contribution in [0.5, 0.6) is 11.5 Å². The number of ether oxygens (including phenoxy) is 2. The van der Waals surface area contributed by atoms with Crippen molar-refractivity contribution in [2.45, 2.75) is 19.4 Å². The number of hydrogen-bond donors (Lipinski definition) is 0. The second kappa shape index (κ2) is 6.75. The quantitative estimate of drug-likeness (QED) is 0.721. The molecule has 4 rings (SSSR count). The number of furan rings is 1. The lowest BCUT2D eigenvalue weighted by Gasteiger charge is -2.29. The molecule has 134 valence electrons. The molecular formula is C21H21NO4. The number of fused-ring (bicyclic) bond motifs is 2. The monoisotopic (exact) mass is 351 g/mol. The Labute approximate surface area is 152 Å². The highest BCUT2D eigenvalue weighted by Crippen LogP contribution is 2.31. The van der Waals surface area contributed by atoms with Gasteiger partial charge in [-0.1, -0.05) is 24.3 Å². The minimum atomic E-state index is -0.178. The predicted molar refractivity (Wildman–Crippen MR) is 98.6 cm³/mol. The third kappa shape index (κ3) is 3.25. The van der Waals surface area contributed by atoms with Crippen LogP contribution in [0.15, 0.2) is 53.1 Å². The number of para-hydroxylation sites is 2. The van der Waals surface area contributed by atoms with Crippen molar-refractivity contribution in [3.63, 3.8) is 0 Å². The van der Waals surface area contributed by atoms with E-state index in [-0.39, 0.29) is 12.0 Å². The molecule has 1 aliphatic heterocycles. The number of aryl methyl sites for hydroxylation is 1. The van der Waals surface area contributed by atoms with Crippen molar-refractivity contribution in [1.82, 2.24) is 4.90 Å². The van der Waals surface area contributed by atoms with Crippen molar-refractivity contribution in [1.29, 1.82) is 0 Å². The summed E-state index contributed by atoms with van der Waals surface area (Å²) in [7, 11) is 1.79. The maximum Gasteiger partial charge on any atom is 0.227 e. The molecule has 1 amide bonds. The lowest BCUT2D eigenvalue weighted by Crippen LogP contribution is -2.42. The van der Waals surface area contributed by atoms with Gasteiger partial charge in [0.2, 0.25) is 5.91 Å². The summed E-state index contributed by atoms with van der Waals surface area (Å²) < 4.78 is 17.2. The number of nitrogens with zero attached hydrogens (tertiary/aromatic N) is 1. The van der Waals surface area contributed by atoms with Gasteiger partial charge in [-0.15, -0.1) is 0 Å². The summed E-state index contributed by atoms with van der Waals surface area (Å²) in [5.41, 5.74) is 2.86. The van der Waals surface area contributed by atoms with Gasteiger partial charge in [0.15, 0.2) is 17.6 Å². The van der Waals surface area contributed by atoms with E-state index in [9.17, 15) is 4.79 Å². The molecule has 3 aromatic rings. The normalized spacial score (nSPS) is 15.8.